The van der Waals surface area contributed by atoms with E-state index < -0.39 is 0 Å². The van der Waals surface area contributed by atoms with E-state index in [0.29, 0.717) is 6.04 Å². The number of hydrogen-bond donors (Lipinski definition) is 1. The topological polar surface area (TPSA) is 12.0 Å². The molecule has 1 aromatic carbocycles. The van der Waals surface area contributed by atoms with E-state index in [0.717, 1.165) is 0 Å². The van der Waals surface area contributed by atoms with Crippen molar-refractivity contribution in [2.24, 2.45) is 0 Å². The SMILES string of the molecule is CCCCC(NC)c1cccc(Br)c1C. The first-order valence-corrected chi connectivity index (χ1v) is 6.42. The van der Waals surface area contributed by atoms with Crippen molar-refractivity contribution >= 4 is 15.9 Å². The van der Waals surface area contributed by atoms with Crippen LogP contribution in [0.3, 0.4) is 0 Å². The van der Waals surface area contributed by atoms with Crippen molar-refractivity contribution < 1.29 is 0 Å². The minimum Gasteiger partial charge on any atom is -0.313 e. The molecule has 0 fully saturated rings. The van der Waals surface area contributed by atoms with Gasteiger partial charge in [0.05, 0.1) is 0 Å². The van der Waals surface area contributed by atoms with Crippen molar-refractivity contribution in [2.75, 3.05) is 7.05 Å². The summed E-state index contributed by atoms with van der Waals surface area (Å²) < 4.78 is 1.21. The van der Waals surface area contributed by atoms with E-state index >= 15 is 0 Å². The summed E-state index contributed by atoms with van der Waals surface area (Å²) in [5.74, 6) is 0. The van der Waals surface area contributed by atoms with Gasteiger partial charge in [0.25, 0.3) is 0 Å². The molecule has 0 heterocycles. The zero-order chi connectivity index (χ0) is 11.3. The Morgan fingerprint density at radius 2 is 2.13 bits per heavy atom. The van der Waals surface area contributed by atoms with Crippen molar-refractivity contribution in [3.05, 3.63) is 33.8 Å². The molecule has 1 nitrogen and oxygen atoms in total. The molecule has 2 heteroatoms. The molecule has 1 aromatic rings. The molecule has 0 aliphatic heterocycles. The van der Waals surface area contributed by atoms with Gasteiger partial charge >= 0.3 is 0 Å². The predicted octanol–water partition coefficient (Wildman–Crippen LogP) is 4.21. The van der Waals surface area contributed by atoms with Gasteiger partial charge in [0.2, 0.25) is 0 Å². The van der Waals surface area contributed by atoms with E-state index in [1.54, 1.807) is 0 Å². The van der Waals surface area contributed by atoms with E-state index in [9.17, 15) is 0 Å². The maximum atomic E-state index is 3.58. The summed E-state index contributed by atoms with van der Waals surface area (Å²) in [5.41, 5.74) is 2.77. The Hall–Kier alpha value is -0.340. The minimum atomic E-state index is 0.488. The Balaban J connectivity index is 2.86. The van der Waals surface area contributed by atoms with E-state index in [1.807, 2.05) is 7.05 Å². The maximum Gasteiger partial charge on any atom is 0.0320 e. The molecule has 1 N–H and O–H groups in total. The highest BCUT2D eigenvalue weighted by Crippen LogP contribution is 2.27. The summed E-state index contributed by atoms with van der Waals surface area (Å²) in [5, 5.41) is 3.40. The lowest BCUT2D eigenvalue weighted by Crippen LogP contribution is -2.17. The van der Waals surface area contributed by atoms with Crippen LogP contribution in [0.1, 0.15) is 43.4 Å². The molecule has 0 aromatic heterocycles. The predicted molar refractivity (Wildman–Crippen MR) is 70.2 cm³/mol. The molecule has 84 valence electrons. The monoisotopic (exact) mass is 269 g/mol. The summed E-state index contributed by atoms with van der Waals surface area (Å²) in [6.45, 7) is 4.41. The lowest BCUT2D eigenvalue weighted by atomic mass is 9.97. The molecule has 0 aliphatic rings. The fourth-order valence-electron chi connectivity index (χ4n) is 1.87. The highest BCUT2D eigenvalue weighted by atomic mass is 79.9. The molecule has 1 unspecified atom stereocenters. The first kappa shape index (κ1) is 12.7. The second kappa shape index (κ2) is 6.29. The van der Waals surface area contributed by atoms with Gasteiger partial charge in [0, 0.05) is 10.5 Å². The summed E-state index contributed by atoms with van der Waals surface area (Å²) >= 11 is 3.58. The number of halogens is 1. The summed E-state index contributed by atoms with van der Waals surface area (Å²) in [7, 11) is 2.04. The van der Waals surface area contributed by atoms with Gasteiger partial charge in [-0.05, 0) is 37.6 Å². The van der Waals surface area contributed by atoms with Gasteiger partial charge in [-0.15, -0.1) is 0 Å². The molecule has 0 aliphatic carbocycles. The van der Waals surface area contributed by atoms with E-state index in [1.165, 1.54) is 34.9 Å². The number of unbranched alkanes of at least 4 members (excludes halogenated alkanes) is 1. The largest absolute Gasteiger partial charge is 0.313 e. The quantitative estimate of drug-likeness (QED) is 0.845. The van der Waals surface area contributed by atoms with Gasteiger partial charge in [0.1, 0.15) is 0 Å². The van der Waals surface area contributed by atoms with Crippen LogP contribution in [0, 0.1) is 6.92 Å². The Bertz CT molecular complexity index is 309. The van der Waals surface area contributed by atoms with E-state index in [4.69, 9.17) is 0 Å². The molecule has 0 radical (unpaired) electrons. The number of nitrogens with one attached hydrogen (secondary N) is 1. The van der Waals surface area contributed by atoms with Crippen LogP contribution in [0.2, 0.25) is 0 Å². The number of benzene rings is 1. The summed E-state index contributed by atoms with van der Waals surface area (Å²) in [6, 6.07) is 6.92. The zero-order valence-corrected chi connectivity index (χ0v) is 11.4. The Morgan fingerprint density at radius 3 is 2.73 bits per heavy atom. The van der Waals surface area contributed by atoms with Crippen LogP contribution in [-0.4, -0.2) is 7.05 Å². The van der Waals surface area contributed by atoms with Crippen LogP contribution in [0.25, 0.3) is 0 Å². The van der Waals surface area contributed by atoms with E-state index in [2.05, 4.69) is 53.3 Å². The van der Waals surface area contributed by atoms with Gasteiger partial charge in [0.15, 0.2) is 0 Å². The molecule has 15 heavy (non-hydrogen) atoms. The lowest BCUT2D eigenvalue weighted by Gasteiger charge is -2.19. The van der Waals surface area contributed by atoms with Gasteiger partial charge in [-0.2, -0.15) is 0 Å². The Morgan fingerprint density at radius 1 is 1.40 bits per heavy atom. The first-order chi connectivity index (χ1) is 7.20. The van der Waals surface area contributed by atoms with Crippen LogP contribution in [0.4, 0.5) is 0 Å². The third-order valence-electron chi connectivity index (χ3n) is 2.88. The van der Waals surface area contributed by atoms with Crippen molar-refractivity contribution in [3.63, 3.8) is 0 Å². The van der Waals surface area contributed by atoms with Crippen LogP contribution >= 0.6 is 15.9 Å². The molecule has 1 atom stereocenters. The second-order valence-corrected chi connectivity index (χ2v) is 4.79. The molecule has 0 spiro atoms. The van der Waals surface area contributed by atoms with Crippen molar-refractivity contribution in [2.45, 2.75) is 39.2 Å². The first-order valence-electron chi connectivity index (χ1n) is 5.63. The Kier molecular flexibility index (Phi) is 5.34. The lowest BCUT2D eigenvalue weighted by molar-refractivity contribution is 0.520. The minimum absolute atomic E-state index is 0.488. The van der Waals surface area contributed by atoms with Gasteiger partial charge < -0.3 is 5.32 Å². The average Bonchev–Trinajstić information content (AvgIpc) is 2.25. The van der Waals surface area contributed by atoms with Crippen LogP contribution in [0.15, 0.2) is 22.7 Å². The second-order valence-electron chi connectivity index (χ2n) is 3.94. The van der Waals surface area contributed by atoms with Crippen molar-refractivity contribution in [1.29, 1.82) is 0 Å². The third-order valence-corrected chi connectivity index (χ3v) is 3.74. The molecule has 1 rings (SSSR count). The zero-order valence-electron chi connectivity index (χ0n) is 9.81. The third kappa shape index (κ3) is 3.32. The van der Waals surface area contributed by atoms with Gasteiger partial charge in [-0.3, -0.25) is 0 Å². The molecule has 0 saturated heterocycles. The average molecular weight is 270 g/mol. The molecule has 0 saturated carbocycles. The van der Waals surface area contributed by atoms with Crippen molar-refractivity contribution in [3.8, 4) is 0 Å². The maximum absolute atomic E-state index is 3.58. The van der Waals surface area contributed by atoms with Gasteiger partial charge in [-0.25, -0.2) is 0 Å². The fraction of sp³-hybridized carbons (Fsp3) is 0.538. The summed E-state index contributed by atoms with van der Waals surface area (Å²) in [4.78, 5) is 0. The van der Waals surface area contributed by atoms with Crippen molar-refractivity contribution in [1.82, 2.24) is 5.32 Å². The van der Waals surface area contributed by atoms with E-state index in [-0.39, 0.29) is 0 Å². The molecular weight excluding hydrogens is 250 g/mol. The normalized spacial score (nSPS) is 12.8. The highest BCUT2D eigenvalue weighted by Gasteiger charge is 2.11. The molecule has 0 bridgehead atoms. The van der Waals surface area contributed by atoms with Crippen LogP contribution < -0.4 is 5.32 Å². The van der Waals surface area contributed by atoms with Crippen LogP contribution in [0.5, 0.6) is 0 Å². The number of rotatable bonds is 5. The smallest absolute Gasteiger partial charge is 0.0320 e. The highest BCUT2D eigenvalue weighted by molar-refractivity contribution is 9.10. The van der Waals surface area contributed by atoms with Crippen LogP contribution in [-0.2, 0) is 0 Å². The number of hydrogen-bond acceptors (Lipinski definition) is 1. The standard InChI is InChI=1S/C13H20BrN/c1-4-5-9-13(15-3)11-7-6-8-12(14)10(11)2/h6-8,13,15H,4-5,9H2,1-3H3. The summed E-state index contributed by atoms with van der Waals surface area (Å²) in [6.07, 6.45) is 3.74. The molecule has 0 amide bonds. The molecular formula is C13H20BrN. The fourth-order valence-corrected chi connectivity index (χ4v) is 2.25. The Labute approximate surface area is 101 Å². The van der Waals surface area contributed by atoms with Gasteiger partial charge in [-0.1, -0.05) is 47.8 Å².